The van der Waals surface area contributed by atoms with E-state index in [2.05, 4.69) is 4.98 Å². The Morgan fingerprint density at radius 3 is 2.62 bits per heavy atom. The Balaban J connectivity index is 1.30. The van der Waals surface area contributed by atoms with Crippen LogP contribution in [0.1, 0.15) is 56.9 Å². The number of amides is 2. The van der Waals surface area contributed by atoms with E-state index in [1.165, 1.54) is 11.3 Å². The molecule has 0 unspecified atom stereocenters. The number of carbonyl (C=O) groups excluding carboxylic acids is 2. The number of likely N-dealkylation sites (N-methyl/N-ethyl adjacent to an activating group) is 1. The number of carboxylic acids is 1. The van der Waals surface area contributed by atoms with Crippen molar-refractivity contribution in [3.8, 4) is 22.4 Å². The molecule has 3 heterocycles. The molecule has 202 valence electrons. The van der Waals surface area contributed by atoms with Crippen molar-refractivity contribution in [1.29, 1.82) is 0 Å². The smallest absolute Gasteiger partial charge is 0.304 e. The molecule has 1 N–H and O–H groups in total. The molecule has 6 rings (SSSR count). The van der Waals surface area contributed by atoms with Crippen LogP contribution >= 0.6 is 11.3 Å². The molecule has 1 aromatic carbocycles. The number of fused-ring (bicyclic) bond motifs is 1. The maximum atomic E-state index is 13.8. The predicted octanol–water partition coefficient (Wildman–Crippen LogP) is 5.56. The molecule has 2 saturated carbocycles. The molecule has 3 aliphatic rings. The van der Waals surface area contributed by atoms with E-state index in [0.29, 0.717) is 29.7 Å². The lowest BCUT2D eigenvalue weighted by atomic mass is 9.90. The number of hydrogen-bond donors (Lipinski definition) is 1. The molecule has 0 bridgehead atoms. The van der Waals surface area contributed by atoms with Crippen LogP contribution in [0.4, 0.5) is 10.9 Å². The van der Waals surface area contributed by atoms with Crippen LogP contribution < -0.4 is 9.80 Å². The minimum absolute atomic E-state index is 0.0334. The molecule has 2 amide bonds. The number of anilines is 2. The summed E-state index contributed by atoms with van der Waals surface area (Å²) in [5.74, 6) is -0.391. The Kier molecular flexibility index (Phi) is 6.93. The van der Waals surface area contributed by atoms with Gasteiger partial charge in [-0.15, -0.1) is 11.3 Å². The first-order valence-corrected chi connectivity index (χ1v) is 14.6. The van der Waals surface area contributed by atoms with Crippen LogP contribution in [0.5, 0.6) is 0 Å². The largest absolute Gasteiger partial charge is 0.481 e. The summed E-state index contributed by atoms with van der Waals surface area (Å²) in [4.78, 5) is 50.6. The lowest BCUT2D eigenvalue weighted by Crippen LogP contribution is -2.39. The number of carboxylic acid groups (broad SMARTS) is 1. The molecular weight excluding hydrogens is 512 g/mol. The van der Waals surface area contributed by atoms with Crippen molar-refractivity contribution in [3.05, 3.63) is 47.5 Å². The molecule has 0 radical (unpaired) electrons. The van der Waals surface area contributed by atoms with E-state index in [4.69, 9.17) is 4.98 Å². The van der Waals surface area contributed by atoms with E-state index in [-0.39, 0.29) is 24.3 Å². The zero-order chi connectivity index (χ0) is 27.1. The van der Waals surface area contributed by atoms with Gasteiger partial charge >= 0.3 is 5.97 Å². The van der Waals surface area contributed by atoms with Crippen molar-refractivity contribution in [2.24, 2.45) is 11.8 Å². The molecule has 8 nitrogen and oxygen atoms in total. The quantitative estimate of drug-likeness (QED) is 0.378. The fourth-order valence-corrected chi connectivity index (χ4v) is 6.93. The number of benzene rings is 1. The normalized spacial score (nSPS) is 17.9. The van der Waals surface area contributed by atoms with Gasteiger partial charge in [0.2, 0.25) is 11.8 Å². The molecule has 0 spiro atoms. The summed E-state index contributed by atoms with van der Waals surface area (Å²) in [6.07, 6.45) is 8.93. The summed E-state index contributed by atoms with van der Waals surface area (Å²) in [6, 6.07) is 10.1. The van der Waals surface area contributed by atoms with Crippen molar-refractivity contribution in [2.75, 3.05) is 16.8 Å². The van der Waals surface area contributed by atoms with E-state index >= 15 is 0 Å². The number of pyridine rings is 1. The van der Waals surface area contributed by atoms with Gasteiger partial charge in [0.25, 0.3) is 0 Å². The summed E-state index contributed by atoms with van der Waals surface area (Å²) >= 11 is 1.43. The fourth-order valence-electron chi connectivity index (χ4n) is 6.03. The average Bonchev–Trinajstić information content (AvgIpc) is 3.29. The Bertz CT molecular complexity index is 1430. The second-order valence-electron chi connectivity index (χ2n) is 11.0. The molecule has 2 aliphatic carbocycles. The number of thiazole rings is 1. The summed E-state index contributed by atoms with van der Waals surface area (Å²) in [5, 5.41) is 12.2. The third-order valence-electron chi connectivity index (χ3n) is 8.20. The zero-order valence-electron chi connectivity index (χ0n) is 22.0. The van der Waals surface area contributed by atoms with Crippen LogP contribution in [0.2, 0.25) is 0 Å². The van der Waals surface area contributed by atoms with Crippen molar-refractivity contribution >= 4 is 40.1 Å². The predicted molar refractivity (Wildman–Crippen MR) is 151 cm³/mol. The first-order valence-electron chi connectivity index (χ1n) is 13.7. The molecule has 0 saturated heterocycles. The van der Waals surface area contributed by atoms with Crippen LogP contribution in [0.15, 0.2) is 41.9 Å². The first kappa shape index (κ1) is 25.7. The van der Waals surface area contributed by atoms with Crippen LogP contribution in [0.3, 0.4) is 0 Å². The summed E-state index contributed by atoms with van der Waals surface area (Å²) in [5.41, 5.74) is 4.47. The Hall–Kier alpha value is -3.59. The monoisotopic (exact) mass is 544 g/mol. The average molecular weight is 545 g/mol. The molecular formula is C30H32N4O4S. The van der Waals surface area contributed by atoms with Gasteiger partial charge in [-0.1, -0.05) is 49.9 Å². The van der Waals surface area contributed by atoms with Gasteiger partial charge in [-0.05, 0) is 36.8 Å². The number of hydrogen-bond acceptors (Lipinski definition) is 6. The summed E-state index contributed by atoms with van der Waals surface area (Å²) < 4.78 is 0. The molecule has 3 aromatic rings. The third kappa shape index (κ3) is 5.20. The number of aliphatic carboxylic acids is 1. The van der Waals surface area contributed by atoms with Crippen molar-refractivity contribution in [2.45, 2.75) is 63.8 Å². The highest BCUT2D eigenvalue weighted by Crippen LogP contribution is 2.41. The van der Waals surface area contributed by atoms with Crippen molar-refractivity contribution in [3.63, 3.8) is 0 Å². The lowest BCUT2D eigenvalue weighted by Gasteiger charge is -2.26. The van der Waals surface area contributed by atoms with Crippen molar-refractivity contribution < 1.29 is 19.5 Å². The minimum Gasteiger partial charge on any atom is -0.481 e. The summed E-state index contributed by atoms with van der Waals surface area (Å²) in [7, 11) is 1.74. The van der Waals surface area contributed by atoms with Gasteiger partial charge in [-0.2, -0.15) is 0 Å². The van der Waals surface area contributed by atoms with Crippen LogP contribution in [-0.2, 0) is 20.8 Å². The molecule has 39 heavy (non-hydrogen) atoms. The zero-order valence-corrected chi connectivity index (χ0v) is 22.8. The van der Waals surface area contributed by atoms with Gasteiger partial charge in [0.05, 0.1) is 18.5 Å². The van der Waals surface area contributed by atoms with Gasteiger partial charge in [0.1, 0.15) is 5.82 Å². The number of rotatable bonds is 9. The van der Waals surface area contributed by atoms with E-state index in [0.717, 1.165) is 66.5 Å². The highest BCUT2D eigenvalue weighted by atomic mass is 32.1. The van der Waals surface area contributed by atoms with E-state index in [9.17, 15) is 19.5 Å². The molecule has 2 fully saturated rings. The Morgan fingerprint density at radius 2 is 1.90 bits per heavy atom. The van der Waals surface area contributed by atoms with Crippen LogP contribution in [0, 0.1) is 11.8 Å². The Labute approximate surface area is 231 Å². The molecule has 1 aliphatic heterocycles. The third-order valence-corrected chi connectivity index (χ3v) is 9.04. The van der Waals surface area contributed by atoms with E-state index in [1.807, 2.05) is 35.7 Å². The van der Waals surface area contributed by atoms with E-state index in [1.54, 1.807) is 23.0 Å². The highest BCUT2D eigenvalue weighted by Gasteiger charge is 2.40. The Morgan fingerprint density at radius 1 is 1.15 bits per heavy atom. The maximum absolute atomic E-state index is 13.8. The summed E-state index contributed by atoms with van der Waals surface area (Å²) in [6.45, 7) is 0. The maximum Gasteiger partial charge on any atom is 0.304 e. The second kappa shape index (κ2) is 10.5. The number of aromatic nitrogens is 2. The van der Waals surface area contributed by atoms with Gasteiger partial charge in [-0.25, -0.2) is 9.97 Å². The van der Waals surface area contributed by atoms with Crippen molar-refractivity contribution in [1.82, 2.24) is 9.97 Å². The molecule has 1 atom stereocenters. The SMILES string of the molecule is CN1C(=O)Cc2cc(-c3ccccc3-c3csc(N(C(=O)[C@@H](CC(=O)O)CC4CCCC4)C4CC4)n3)cnc21. The van der Waals surface area contributed by atoms with Crippen LogP contribution in [0.25, 0.3) is 22.4 Å². The second-order valence-corrected chi connectivity index (χ2v) is 11.9. The molecule has 9 heteroatoms. The fraction of sp³-hybridized carbons (Fsp3) is 0.433. The van der Waals surface area contributed by atoms with Gasteiger partial charge < -0.3 is 5.11 Å². The topological polar surface area (TPSA) is 104 Å². The van der Waals surface area contributed by atoms with Gasteiger partial charge in [-0.3, -0.25) is 24.2 Å². The first-order chi connectivity index (χ1) is 18.9. The molecule has 2 aromatic heterocycles. The highest BCUT2D eigenvalue weighted by molar-refractivity contribution is 7.14. The van der Waals surface area contributed by atoms with E-state index < -0.39 is 11.9 Å². The van der Waals surface area contributed by atoms with Gasteiger partial charge in [0, 0.05) is 47.3 Å². The standard InChI is InChI=1S/C30H32N4O4S/c1-33-26(35)14-19-13-21(16-31-28(19)33)23-8-4-5-9-24(23)25-17-39-30(32-25)34(22-10-11-22)29(38)20(15-27(36)37)12-18-6-2-3-7-18/h4-5,8-9,13,16-18,20,22H,2-3,6-7,10-12,14-15H2,1H3,(H,36,37)/t20-/m1/s1. The lowest BCUT2D eigenvalue weighted by molar-refractivity contribution is -0.141. The number of carbonyl (C=O) groups is 3. The minimum atomic E-state index is -0.924. The van der Waals surface area contributed by atoms with Crippen LogP contribution in [-0.4, -0.2) is 45.9 Å². The number of nitrogens with zero attached hydrogens (tertiary/aromatic N) is 4. The van der Waals surface area contributed by atoms with Gasteiger partial charge in [0.15, 0.2) is 5.13 Å².